The number of rotatable bonds is 4. The molecule has 1 amide bonds. The van der Waals surface area contributed by atoms with Gasteiger partial charge in [0.05, 0.1) is 6.54 Å². The van der Waals surface area contributed by atoms with Gasteiger partial charge in [-0.05, 0) is 42.8 Å². The zero-order chi connectivity index (χ0) is 14.7. The Morgan fingerprint density at radius 3 is 2.60 bits per heavy atom. The molecular formula is C14H13NO5. The van der Waals surface area contributed by atoms with E-state index < -0.39 is 5.97 Å². The van der Waals surface area contributed by atoms with Crippen molar-refractivity contribution < 1.29 is 24.2 Å². The molecule has 3 N–H and O–H groups in total. The first-order valence-corrected chi connectivity index (χ1v) is 5.87. The molecule has 1 heterocycles. The molecule has 1 aromatic heterocycles. The van der Waals surface area contributed by atoms with Gasteiger partial charge in [-0.3, -0.25) is 4.79 Å². The van der Waals surface area contributed by atoms with Crippen molar-refractivity contribution >= 4 is 11.9 Å². The maximum atomic E-state index is 11.9. The number of aryl methyl sites for hydroxylation is 1. The molecule has 0 fully saturated rings. The van der Waals surface area contributed by atoms with Crippen molar-refractivity contribution in [3.05, 3.63) is 53.0 Å². The number of aromatic carboxylic acids is 1. The van der Waals surface area contributed by atoms with Gasteiger partial charge in [0.1, 0.15) is 11.5 Å². The molecule has 2 aromatic rings. The number of carboxylic acid groups (broad SMARTS) is 1. The second-order valence-corrected chi connectivity index (χ2v) is 4.25. The van der Waals surface area contributed by atoms with Crippen molar-refractivity contribution in [3.63, 3.8) is 0 Å². The minimum absolute atomic E-state index is 0.0897. The number of benzene rings is 1. The molecule has 0 aliphatic carbocycles. The second kappa shape index (κ2) is 5.48. The fourth-order valence-corrected chi connectivity index (χ4v) is 1.75. The van der Waals surface area contributed by atoms with E-state index in [0.717, 1.165) is 0 Å². The lowest BCUT2D eigenvalue weighted by molar-refractivity contribution is 0.0660. The van der Waals surface area contributed by atoms with E-state index in [9.17, 15) is 14.7 Å². The molecular weight excluding hydrogens is 262 g/mol. The first-order valence-electron chi connectivity index (χ1n) is 5.87. The molecule has 104 valence electrons. The number of amides is 1. The smallest absolute Gasteiger partial charge is 0.371 e. The molecule has 2 rings (SSSR count). The predicted molar refractivity (Wildman–Crippen MR) is 69.7 cm³/mol. The van der Waals surface area contributed by atoms with Gasteiger partial charge in [0.15, 0.2) is 0 Å². The van der Waals surface area contributed by atoms with Crippen molar-refractivity contribution in [2.24, 2.45) is 0 Å². The van der Waals surface area contributed by atoms with Crippen LogP contribution < -0.4 is 5.32 Å². The monoisotopic (exact) mass is 275 g/mol. The quantitative estimate of drug-likeness (QED) is 0.791. The van der Waals surface area contributed by atoms with Crippen LogP contribution in [0.4, 0.5) is 0 Å². The number of nitrogens with one attached hydrogen (secondary N) is 1. The number of hydrogen-bond acceptors (Lipinski definition) is 4. The van der Waals surface area contributed by atoms with Gasteiger partial charge in [-0.25, -0.2) is 4.79 Å². The summed E-state index contributed by atoms with van der Waals surface area (Å²) in [6.07, 6.45) is 0. The third-order valence-corrected chi connectivity index (χ3v) is 2.75. The molecule has 0 atom stereocenters. The average molecular weight is 275 g/mol. The number of hydrogen-bond donors (Lipinski definition) is 3. The molecule has 0 saturated heterocycles. The third-order valence-electron chi connectivity index (χ3n) is 2.75. The summed E-state index contributed by atoms with van der Waals surface area (Å²) in [5.41, 5.74) is 1.08. The van der Waals surface area contributed by atoms with Gasteiger partial charge in [0, 0.05) is 5.56 Å². The third kappa shape index (κ3) is 2.97. The van der Waals surface area contributed by atoms with Gasteiger partial charge in [-0.2, -0.15) is 0 Å². The van der Waals surface area contributed by atoms with E-state index >= 15 is 0 Å². The van der Waals surface area contributed by atoms with E-state index in [4.69, 9.17) is 9.52 Å². The maximum Gasteiger partial charge on any atom is 0.371 e. The Morgan fingerprint density at radius 1 is 1.25 bits per heavy atom. The lowest BCUT2D eigenvalue weighted by Gasteiger charge is -2.06. The summed E-state index contributed by atoms with van der Waals surface area (Å²) < 4.78 is 5.03. The van der Waals surface area contributed by atoms with Crippen LogP contribution in [-0.4, -0.2) is 22.1 Å². The summed E-state index contributed by atoms with van der Waals surface area (Å²) in [4.78, 5) is 22.6. The zero-order valence-electron chi connectivity index (χ0n) is 10.7. The average Bonchev–Trinajstić information content (AvgIpc) is 2.85. The predicted octanol–water partition coefficient (Wildman–Crippen LogP) is 1.92. The number of phenolic OH excluding ortho intramolecular Hbond substituents is 1. The largest absolute Gasteiger partial charge is 0.508 e. The Bertz CT molecular complexity index is 659. The standard InChI is InChI=1S/C14H13NO5/c1-8-6-9(16)2-4-11(8)13(17)15-7-10-3-5-12(20-10)14(18)19/h2-6,16H,7H2,1H3,(H,15,17)(H,18,19). The summed E-state index contributed by atoms with van der Waals surface area (Å²) in [5.74, 6) is -1.20. The highest BCUT2D eigenvalue weighted by Crippen LogP contribution is 2.15. The van der Waals surface area contributed by atoms with E-state index in [1.807, 2.05) is 0 Å². The number of phenols is 1. The van der Waals surface area contributed by atoms with Gasteiger partial charge in [-0.15, -0.1) is 0 Å². The van der Waals surface area contributed by atoms with Crippen LogP contribution in [0.2, 0.25) is 0 Å². The number of aromatic hydroxyl groups is 1. The molecule has 20 heavy (non-hydrogen) atoms. The molecule has 0 radical (unpaired) electrons. The van der Waals surface area contributed by atoms with Crippen LogP contribution in [0.25, 0.3) is 0 Å². The topological polar surface area (TPSA) is 99.8 Å². The Labute approximate surface area is 114 Å². The van der Waals surface area contributed by atoms with Crippen LogP contribution in [0.15, 0.2) is 34.7 Å². The molecule has 0 spiro atoms. The van der Waals surface area contributed by atoms with Crippen molar-refractivity contribution in [2.75, 3.05) is 0 Å². The highest BCUT2D eigenvalue weighted by atomic mass is 16.4. The maximum absolute atomic E-state index is 11.9. The SMILES string of the molecule is Cc1cc(O)ccc1C(=O)NCc1ccc(C(=O)O)o1. The first kappa shape index (κ1) is 13.7. The molecule has 0 aliphatic heterocycles. The lowest BCUT2D eigenvalue weighted by Crippen LogP contribution is -2.23. The minimum atomic E-state index is -1.16. The molecule has 0 aliphatic rings. The second-order valence-electron chi connectivity index (χ2n) is 4.25. The number of carbonyl (C=O) groups is 2. The zero-order valence-corrected chi connectivity index (χ0v) is 10.7. The van der Waals surface area contributed by atoms with Crippen LogP contribution in [0.3, 0.4) is 0 Å². The van der Waals surface area contributed by atoms with Gasteiger partial charge in [-0.1, -0.05) is 0 Å². The van der Waals surface area contributed by atoms with E-state index in [2.05, 4.69) is 5.32 Å². The molecule has 6 heteroatoms. The van der Waals surface area contributed by atoms with Crippen molar-refractivity contribution in [3.8, 4) is 5.75 Å². The molecule has 0 saturated carbocycles. The normalized spacial score (nSPS) is 10.2. The van der Waals surface area contributed by atoms with Crippen LogP contribution in [0, 0.1) is 6.92 Å². The van der Waals surface area contributed by atoms with Gasteiger partial charge < -0.3 is 19.9 Å². The molecule has 1 aromatic carbocycles. The van der Waals surface area contributed by atoms with Crippen LogP contribution in [-0.2, 0) is 6.54 Å². The number of furan rings is 1. The van der Waals surface area contributed by atoms with Crippen LogP contribution in [0.1, 0.15) is 32.2 Å². The molecule has 6 nitrogen and oxygen atoms in total. The fraction of sp³-hybridized carbons (Fsp3) is 0.143. The van der Waals surface area contributed by atoms with Gasteiger partial charge in [0.25, 0.3) is 5.91 Å². The van der Waals surface area contributed by atoms with Crippen molar-refractivity contribution in [1.29, 1.82) is 0 Å². The highest BCUT2D eigenvalue weighted by molar-refractivity contribution is 5.95. The van der Waals surface area contributed by atoms with Crippen molar-refractivity contribution in [1.82, 2.24) is 5.32 Å². The number of carboxylic acids is 1. The lowest BCUT2D eigenvalue weighted by atomic mass is 10.1. The summed E-state index contributed by atoms with van der Waals surface area (Å²) in [6.45, 7) is 1.80. The summed E-state index contributed by atoms with van der Waals surface area (Å²) >= 11 is 0. The summed E-state index contributed by atoms with van der Waals surface area (Å²) in [6, 6.07) is 7.26. The van der Waals surface area contributed by atoms with Crippen molar-refractivity contribution in [2.45, 2.75) is 13.5 Å². The van der Waals surface area contributed by atoms with E-state index in [1.54, 1.807) is 6.92 Å². The molecule has 0 unspecified atom stereocenters. The fourth-order valence-electron chi connectivity index (χ4n) is 1.75. The Hall–Kier alpha value is -2.76. The van der Waals surface area contributed by atoms with E-state index in [0.29, 0.717) is 16.9 Å². The summed E-state index contributed by atoms with van der Waals surface area (Å²) in [7, 11) is 0. The Morgan fingerprint density at radius 2 is 2.00 bits per heavy atom. The van der Waals surface area contributed by atoms with Gasteiger partial charge >= 0.3 is 5.97 Å². The first-order chi connectivity index (χ1) is 9.47. The van der Waals surface area contributed by atoms with Gasteiger partial charge in [0.2, 0.25) is 5.76 Å². The molecule has 0 bridgehead atoms. The Kier molecular flexibility index (Phi) is 3.74. The Balaban J connectivity index is 2.02. The minimum Gasteiger partial charge on any atom is -0.508 e. The highest BCUT2D eigenvalue weighted by Gasteiger charge is 2.12. The summed E-state index contributed by atoms with van der Waals surface area (Å²) in [5, 5.41) is 20.6. The van der Waals surface area contributed by atoms with Crippen LogP contribution >= 0.6 is 0 Å². The van der Waals surface area contributed by atoms with Crippen LogP contribution in [0.5, 0.6) is 5.75 Å². The van der Waals surface area contributed by atoms with E-state index in [1.165, 1.54) is 30.3 Å². The van der Waals surface area contributed by atoms with E-state index in [-0.39, 0.29) is 24.0 Å². The number of carbonyl (C=O) groups excluding carboxylic acids is 1.